The summed E-state index contributed by atoms with van der Waals surface area (Å²) >= 11 is 0. The van der Waals surface area contributed by atoms with Gasteiger partial charge in [0.1, 0.15) is 23.6 Å². The van der Waals surface area contributed by atoms with E-state index in [1.54, 1.807) is 25.1 Å². The predicted molar refractivity (Wildman–Crippen MR) is 141 cm³/mol. The maximum atomic E-state index is 6.41. The Balaban J connectivity index is 1.52. The summed E-state index contributed by atoms with van der Waals surface area (Å²) in [7, 11) is 3.32. The molecular weight excluding hydrogens is 464 g/mol. The van der Waals surface area contributed by atoms with Gasteiger partial charge in [-0.3, -0.25) is 0 Å². The zero-order chi connectivity index (χ0) is 24.9. The number of hydrogen-bond acceptors (Lipinski definition) is 6. The molecule has 3 heterocycles. The molecule has 0 spiro atoms. The smallest absolute Gasteiger partial charge is 0.228 e. The number of hydrogen-bond donors (Lipinski definition) is 0. The number of benzene rings is 4. The number of nitrogens with zero attached hydrogens (tertiary/aromatic N) is 4. The van der Waals surface area contributed by atoms with Crippen molar-refractivity contribution >= 4 is 16.4 Å². The second-order valence-electron chi connectivity index (χ2n) is 8.87. The molecule has 4 aromatic carbocycles. The summed E-state index contributed by atoms with van der Waals surface area (Å²) in [5.41, 5.74) is 4.52. The van der Waals surface area contributed by atoms with Crippen LogP contribution in [-0.2, 0) is 0 Å². The Morgan fingerprint density at radius 1 is 0.811 bits per heavy atom. The van der Waals surface area contributed by atoms with Gasteiger partial charge in [0.2, 0.25) is 5.88 Å². The summed E-state index contributed by atoms with van der Waals surface area (Å²) in [6, 6.07) is 28.3. The van der Waals surface area contributed by atoms with E-state index in [9.17, 15) is 0 Å². The predicted octanol–water partition coefficient (Wildman–Crippen LogP) is 6.25. The van der Waals surface area contributed by atoms with Crippen molar-refractivity contribution in [1.82, 2.24) is 19.6 Å². The molecule has 1 aliphatic rings. The minimum atomic E-state index is -0.179. The van der Waals surface area contributed by atoms with Gasteiger partial charge in [0.25, 0.3) is 0 Å². The van der Waals surface area contributed by atoms with Crippen molar-refractivity contribution < 1.29 is 14.2 Å². The second kappa shape index (κ2) is 8.34. The average Bonchev–Trinajstić information content (AvgIpc) is 3.40. The van der Waals surface area contributed by atoms with Crippen molar-refractivity contribution in [3.05, 3.63) is 108 Å². The molecule has 180 valence electrons. The monoisotopic (exact) mass is 486 g/mol. The average molecular weight is 487 g/mol. The van der Waals surface area contributed by atoms with E-state index in [1.165, 1.54) is 0 Å². The number of aromatic nitrogens is 4. The van der Waals surface area contributed by atoms with E-state index in [4.69, 9.17) is 24.3 Å². The van der Waals surface area contributed by atoms with Crippen molar-refractivity contribution in [3.8, 4) is 34.5 Å². The summed E-state index contributed by atoms with van der Waals surface area (Å²) < 4.78 is 19.1. The summed E-state index contributed by atoms with van der Waals surface area (Å²) in [5.74, 6) is 3.20. The van der Waals surface area contributed by atoms with Crippen molar-refractivity contribution in [2.24, 2.45) is 0 Å². The highest BCUT2D eigenvalue weighted by molar-refractivity contribution is 5.91. The minimum absolute atomic E-state index is 0.179. The molecule has 1 aliphatic heterocycles. The lowest BCUT2D eigenvalue weighted by Crippen LogP contribution is -2.15. The molecule has 0 saturated carbocycles. The number of fused-ring (bicyclic) bond motifs is 6. The molecule has 0 aliphatic carbocycles. The first kappa shape index (κ1) is 21.4. The molecule has 0 N–H and O–H groups in total. The molecular formula is C30H22N4O3. The fourth-order valence-electron chi connectivity index (χ4n) is 5.18. The van der Waals surface area contributed by atoms with Crippen LogP contribution in [0.15, 0.2) is 91.3 Å². The van der Waals surface area contributed by atoms with E-state index in [0.29, 0.717) is 23.1 Å². The molecule has 7 heteroatoms. The third kappa shape index (κ3) is 3.31. The van der Waals surface area contributed by atoms with Crippen LogP contribution in [0.3, 0.4) is 0 Å². The van der Waals surface area contributed by atoms with Gasteiger partial charge < -0.3 is 14.2 Å². The van der Waals surface area contributed by atoms with Crippen LogP contribution in [-0.4, -0.2) is 33.8 Å². The van der Waals surface area contributed by atoms with E-state index in [1.807, 2.05) is 48.5 Å². The molecule has 6 aromatic rings. The van der Waals surface area contributed by atoms with Gasteiger partial charge in [0.05, 0.1) is 25.3 Å². The molecule has 1 atom stereocenters. The molecule has 7 nitrogen and oxygen atoms in total. The van der Waals surface area contributed by atoms with E-state index in [0.717, 1.165) is 44.5 Å². The van der Waals surface area contributed by atoms with Gasteiger partial charge in [-0.05, 0) is 46.7 Å². The Hall–Kier alpha value is -4.91. The van der Waals surface area contributed by atoms with Gasteiger partial charge in [0.15, 0.2) is 11.5 Å². The van der Waals surface area contributed by atoms with E-state index in [2.05, 4.69) is 41.4 Å². The van der Waals surface area contributed by atoms with Crippen LogP contribution in [0.5, 0.6) is 23.1 Å². The Kier molecular flexibility index (Phi) is 4.82. The lowest BCUT2D eigenvalue weighted by molar-refractivity contribution is 0.414. The van der Waals surface area contributed by atoms with Crippen LogP contribution in [0.2, 0.25) is 0 Å². The largest absolute Gasteiger partial charge is 0.497 e. The van der Waals surface area contributed by atoms with Crippen LogP contribution in [0.1, 0.15) is 22.6 Å². The fraction of sp³-hybridized carbons (Fsp3) is 0.100. The summed E-state index contributed by atoms with van der Waals surface area (Å²) in [6.45, 7) is 0. The molecule has 1 unspecified atom stereocenters. The fourth-order valence-corrected chi connectivity index (χ4v) is 5.18. The lowest BCUT2D eigenvalue weighted by Gasteiger charge is -2.29. The molecule has 7 rings (SSSR count). The molecule has 0 saturated heterocycles. The Morgan fingerprint density at radius 2 is 1.62 bits per heavy atom. The Bertz CT molecular complexity index is 1790. The van der Waals surface area contributed by atoms with Crippen molar-refractivity contribution in [3.63, 3.8) is 0 Å². The molecule has 0 radical (unpaired) electrons. The zero-order valence-corrected chi connectivity index (χ0v) is 20.3. The highest BCUT2D eigenvalue weighted by atomic mass is 16.5. The number of para-hydroxylation sites is 1. The van der Waals surface area contributed by atoms with Gasteiger partial charge in [0, 0.05) is 11.5 Å². The van der Waals surface area contributed by atoms with Gasteiger partial charge >= 0.3 is 0 Å². The number of rotatable bonds is 4. The van der Waals surface area contributed by atoms with Crippen LogP contribution >= 0.6 is 0 Å². The first-order valence-corrected chi connectivity index (χ1v) is 12.0. The van der Waals surface area contributed by atoms with Crippen molar-refractivity contribution in [2.45, 2.75) is 5.92 Å². The number of ether oxygens (including phenoxy) is 3. The van der Waals surface area contributed by atoms with Crippen LogP contribution in [0, 0.1) is 0 Å². The Morgan fingerprint density at radius 3 is 2.46 bits per heavy atom. The maximum absolute atomic E-state index is 6.41. The molecule has 0 fully saturated rings. The first-order valence-electron chi connectivity index (χ1n) is 12.0. The highest BCUT2D eigenvalue weighted by Gasteiger charge is 2.35. The highest BCUT2D eigenvalue weighted by Crippen LogP contribution is 2.50. The standard InChI is InChI=1S/C30H22N4O3/c1-35-20-14-11-19(12-15-20)25-26-21-8-4-3-7-18(21)13-16-24(26)37-30-27(25)29-32-28(33-34(29)17-31-30)22-9-5-6-10-23(22)36-2/h3-17,25H,1-2H3. The van der Waals surface area contributed by atoms with Gasteiger partial charge in [-0.15, -0.1) is 5.10 Å². The normalized spacial score (nSPS) is 14.2. The zero-order valence-electron chi connectivity index (χ0n) is 20.3. The summed E-state index contributed by atoms with van der Waals surface area (Å²) in [6.07, 6.45) is 1.65. The van der Waals surface area contributed by atoms with Gasteiger partial charge in [-0.25, -0.2) is 14.5 Å². The molecule has 37 heavy (non-hydrogen) atoms. The summed E-state index contributed by atoms with van der Waals surface area (Å²) in [5, 5.41) is 7.03. The van der Waals surface area contributed by atoms with Crippen LogP contribution < -0.4 is 14.2 Å². The van der Waals surface area contributed by atoms with Gasteiger partial charge in [-0.1, -0.05) is 54.6 Å². The first-order chi connectivity index (χ1) is 18.2. The second-order valence-corrected chi connectivity index (χ2v) is 8.87. The third-order valence-corrected chi connectivity index (χ3v) is 6.90. The Labute approximate surface area is 212 Å². The van der Waals surface area contributed by atoms with E-state index < -0.39 is 0 Å². The molecule has 0 bridgehead atoms. The molecule has 0 amide bonds. The summed E-state index contributed by atoms with van der Waals surface area (Å²) in [4.78, 5) is 9.66. The van der Waals surface area contributed by atoms with Crippen LogP contribution in [0.25, 0.3) is 27.8 Å². The maximum Gasteiger partial charge on any atom is 0.228 e. The molecule has 2 aromatic heterocycles. The van der Waals surface area contributed by atoms with Gasteiger partial charge in [-0.2, -0.15) is 0 Å². The van der Waals surface area contributed by atoms with Crippen molar-refractivity contribution in [2.75, 3.05) is 14.2 Å². The van der Waals surface area contributed by atoms with E-state index >= 15 is 0 Å². The third-order valence-electron chi connectivity index (χ3n) is 6.90. The van der Waals surface area contributed by atoms with E-state index in [-0.39, 0.29) is 5.92 Å². The lowest BCUT2D eigenvalue weighted by atomic mass is 9.81. The van der Waals surface area contributed by atoms with Crippen LogP contribution in [0.4, 0.5) is 0 Å². The minimum Gasteiger partial charge on any atom is -0.497 e. The number of methoxy groups -OCH3 is 2. The topological polar surface area (TPSA) is 70.8 Å². The van der Waals surface area contributed by atoms with Crippen molar-refractivity contribution in [1.29, 1.82) is 0 Å². The SMILES string of the molecule is COc1ccc(C2c3c(ccc4ccccc34)Oc3ncn4nc(-c5ccccc5OC)nc4c32)cc1. The quantitative estimate of drug-likeness (QED) is 0.293.